The lowest BCUT2D eigenvalue weighted by molar-refractivity contribution is 0.157. The fraction of sp³-hybridized carbons (Fsp3) is 0.571. The molecule has 1 aromatic carbocycles. The van der Waals surface area contributed by atoms with E-state index in [1.807, 2.05) is 0 Å². The van der Waals surface area contributed by atoms with Gasteiger partial charge in [0.25, 0.3) is 0 Å². The van der Waals surface area contributed by atoms with Crippen LogP contribution < -0.4 is 10.5 Å². The monoisotopic (exact) mass is 252 g/mol. The highest BCUT2D eigenvalue weighted by Crippen LogP contribution is 2.16. The molecule has 0 radical (unpaired) electrons. The molecule has 1 saturated heterocycles. The molecule has 0 aliphatic carbocycles. The minimum atomic E-state index is -0.230. The average molecular weight is 252 g/mol. The van der Waals surface area contributed by atoms with Gasteiger partial charge in [-0.2, -0.15) is 0 Å². The van der Waals surface area contributed by atoms with Gasteiger partial charge in [-0.15, -0.1) is 0 Å². The van der Waals surface area contributed by atoms with Crippen LogP contribution in [-0.2, 0) is 0 Å². The molecule has 1 aliphatic heterocycles. The molecule has 0 unspecified atom stereocenters. The molecule has 18 heavy (non-hydrogen) atoms. The lowest BCUT2D eigenvalue weighted by Crippen LogP contribution is -2.38. The molecule has 0 atom stereocenters. The van der Waals surface area contributed by atoms with Gasteiger partial charge in [0.1, 0.15) is 18.2 Å². The summed E-state index contributed by atoms with van der Waals surface area (Å²) in [6.07, 6.45) is 2.38. The van der Waals surface area contributed by atoms with Crippen LogP contribution in [-0.4, -0.2) is 37.7 Å². The van der Waals surface area contributed by atoms with Crippen molar-refractivity contribution in [2.75, 3.05) is 32.8 Å². The third-order valence-electron chi connectivity index (χ3n) is 3.53. The molecule has 0 bridgehead atoms. The fourth-order valence-electron chi connectivity index (χ4n) is 2.27. The Labute approximate surface area is 108 Å². The van der Waals surface area contributed by atoms with Crippen molar-refractivity contribution >= 4 is 0 Å². The maximum absolute atomic E-state index is 12.7. The first-order valence-corrected chi connectivity index (χ1v) is 6.58. The SMILES string of the molecule is NCC1CCN(CCOc2ccc(F)cc2)CC1. The normalized spacial score (nSPS) is 17.9. The van der Waals surface area contributed by atoms with Gasteiger partial charge in [0, 0.05) is 6.54 Å². The lowest BCUT2D eigenvalue weighted by Gasteiger charge is -2.31. The summed E-state index contributed by atoms with van der Waals surface area (Å²) in [6.45, 7) is 4.59. The topological polar surface area (TPSA) is 38.5 Å². The molecule has 1 aliphatic rings. The molecule has 0 amide bonds. The Bertz CT molecular complexity index is 347. The molecule has 1 fully saturated rings. The number of rotatable bonds is 5. The van der Waals surface area contributed by atoms with Crippen LogP contribution in [0, 0.1) is 11.7 Å². The zero-order chi connectivity index (χ0) is 12.8. The number of hydrogen-bond donors (Lipinski definition) is 1. The van der Waals surface area contributed by atoms with Crippen molar-refractivity contribution in [3.8, 4) is 5.75 Å². The number of halogens is 1. The number of nitrogens with two attached hydrogens (primary N) is 1. The second kappa shape index (κ2) is 6.71. The summed E-state index contributed by atoms with van der Waals surface area (Å²) in [5.41, 5.74) is 5.66. The summed E-state index contributed by atoms with van der Waals surface area (Å²) < 4.78 is 18.3. The van der Waals surface area contributed by atoms with Crippen LogP contribution in [0.15, 0.2) is 24.3 Å². The van der Waals surface area contributed by atoms with Crippen molar-refractivity contribution in [2.45, 2.75) is 12.8 Å². The van der Waals surface area contributed by atoms with Crippen LogP contribution >= 0.6 is 0 Å². The zero-order valence-corrected chi connectivity index (χ0v) is 10.6. The molecule has 3 nitrogen and oxygen atoms in total. The molecule has 0 aromatic heterocycles. The van der Waals surface area contributed by atoms with E-state index in [1.165, 1.54) is 25.0 Å². The molecular formula is C14H21FN2O. The first kappa shape index (κ1) is 13.3. The number of nitrogens with zero attached hydrogens (tertiary/aromatic N) is 1. The number of benzene rings is 1. The van der Waals surface area contributed by atoms with Gasteiger partial charge in [-0.25, -0.2) is 4.39 Å². The minimum Gasteiger partial charge on any atom is -0.492 e. The predicted octanol–water partition coefficient (Wildman–Crippen LogP) is 1.88. The number of likely N-dealkylation sites (tertiary alicyclic amines) is 1. The van der Waals surface area contributed by atoms with E-state index in [4.69, 9.17) is 10.5 Å². The van der Waals surface area contributed by atoms with Crippen LogP contribution in [0.1, 0.15) is 12.8 Å². The Kier molecular flexibility index (Phi) is 4.96. The van der Waals surface area contributed by atoms with Crippen LogP contribution in [0.25, 0.3) is 0 Å². The van der Waals surface area contributed by atoms with Gasteiger partial charge in [0.15, 0.2) is 0 Å². The smallest absolute Gasteiger partial charge is 0.123 e. The van der Waals surface area contributed by atoms with Gasteiger partial charge in [-0.05, 0) is 62.7 Å². The number of ether oxygens (including phenoxy) is 1. The van der Waals surface area contributed by atoms with Gasteiger partial charge >= 0.3 is 0 Å². The highest BCUT2D eigenvalue weighted by molar-refractivity contribution is 5.21. The van der Waals surface area contributed by atoms with Crippen molar-refractivity contribution in [3.63, 3.8) is 0 Å². The van der Waals surface area contributed by atoms with E-state index in [9.17, 15) is 4.39 Å². The molecule has 4 heteroatoms. The van der Waals surface area contributed by atoms with Gasteiger partial charge in [-0.3, -0.25) is 4.90 Å². The van der Waals surface area contributed by atoms with Crippen molar-refractivity contribution < 1.29 is 9.13 Å². The van der Waals surface area contributed by atoms with Gasteiger partial charge in [-0.1, -0.05) is 0 Å². The molecule has 2 rings (SSSR count). The molecule has 0 spiro atoms. The largest absolute Gasteiger partial charge is 0.492 e. The first-order valence-electron chi connectivity index (χ1n) is 6.58. The summed E-state index contributed by atoms with van der Waals surface area (Å²) in [5, 5.41) is 0. The second-order valence-electron chi connectivity index (χ2n) is 4.82. The highest BCUT2D eigenvalue weighted by atomic mass is 19.1. The Morgan fingerprint density at radius 1 is 1.22 bits per heavy atom. The third kappa shape index (κ3) is 3.96. The van der Waals surface area contributed by atoms with Crippen LogP contribution in [0.4, 0.5) is 4.39 Å². The molecule has 1 heterocycles. The molecular weight excluding hydrogens is 231 g/mol. The summed E-state index contributed by atoms with van der Waals surface area (Å²) in [6, 6.07) is 6.16. The van der Waals surface area contributed by atoms with Gasteiger partial charge in [0.2, 0.25) is 0 Å². The molecule has 100 valence electrons. The maximum atomic E-state index is 12.7. The number of piperidine rings is 1. The molecule has 2 N–H and O–H groups in total. The van der Waals surface area contributed by atoms with E-state index >= 15 is 0 Å². The fourth-order valence-corrected chi connectivity index (χ4v) is 2.27. The van der Waals surface area contributed by atoms with E-state index < -0.39 is 0 Å². The van der Waals surface area contributed by atoms with E-state index in [0.717, 1.165) is 31.9 Å². The minimum absolute atomic E-state index is 0.230. The van der Waals surface area contributed by atoms with E-state index in [0.29, 0.717) is 12.5 Å². The van der Waals surface area contributed by atoms with Crippen LogP contribution in [0.3, 0.4) is 0 Å². The summed E-state index contributed by atoms with van der Waals surface area (Å²) >= 11 is 0. The third-order valence-corrected chi connectivity index (χ3v) is 3.53. The van der Waals surface area contributed by atoms with Crippen molar-refractivity contribution in [1.82, 2.24) is 4.90 Å². The molecule has 1 aromatic rings. The maximum Gasteiger partial charge on any atom is 0.123 e. The standard InChI is InChI=1S/C14H21FN2O/c15-13-1-3-14(4-2-13)18-10-9-17-7-5-12(11-16)6-8-17/h1-4,12H,5-11,16H2. The van der Waals surface area contributed by atoms with Crippen molar-refractivity contribution in [1.29, 1.82) is 0 Å². The van der Waals surface area contributed by atoms with Gasteiger partial charge < -0.3 is 10.5 Å². The van der Waals surface area contributed by atoms with Gasteiger partial charge in [0.05, 0.1) is 0 Å². The summed E-state index contributed by atoms with van der Waals surface area (Å²) in [7, 11) is 0. The Balaban J connectivity index is 1.65. The summed E-state index contributed by atoms with van der Waals surface area (Å²) in [5.74, 6) is 1.19. The average Bonchev–Trinajstić information content (AvgIpc) is 2.42. The van der Waals surface area contributed by atoms with Crippen LogP contribution in [0.5, 0.6) is 5.75 Å². The predicted molar refractivity (Wildman–Crippen MR) is 70.1 cm³/mol. The number of hydrogen-bond acceptors (Lipinski definition) is 3. The Hall–Kier alpha value is -1.13. The quantitative estimate of drug-likeness (QED) is 0.869. The van der Waals surface area contributed by atoms with E-state index in [1.54, 1.807) is 12.1 Å². The summed E-state index contributed by atoms with van der Waals surface area (Å²) in [4.78, 5) is 2.40. The van der Waals surface area contributed by atoms with Crippen molar-refractivity contribution in [2.24, 2.45) is 11.7 Å². The Morgan fingerprint density at radius 3 is 2.50 bits per heavy atom. The molecule has 0 saturated carbocycles. The lowest BCUT2D eigenvalue weighted by atomic mass is 9.97. The Morgan fingerprint density at radius 2 is 1.89 bits per heavy atom. The second-order valence-corrected chi connectivity index (χ2v) is 4.82. The van der Waals surface area contributed by atoms with Crippen molar-refractivity contribution in [3.05, 3.63) is 30.1 Å². The highest BCUT2D eigenvalue weighted by Gasteiger charge is 2.17. The first-order chi connectivity index (χ1) is 8.78. The van der Waals surface area contributed by atoms with E-state index in [2.05, 4.69) is 4.90 Å². The van der Waals surface area contributed by atoms with E-state index in [-0.39, 0.29) is 5.82 Å². The van der Waals surface area contributed by atoms with Crippen LogP contribution in [0.2, 0.25) is 0 Å². The zero-order valence-electron chi connectivity index (χ0n) is 10.6.